The molecule has 0 aromatic heterocycles. The Balaban J connectivity index is 1.44. The third kappa shape index (κ3) is 5.36. The zero-order valence-corrected chi connectivity index (χ0v) is 19.4. The molecule has 0 bridgehead atoms. The highest BCUT2D eigenvalue weighted by Crippen LogP contribution is 2.34. The first-order valence-electron chi connectivity index (χ1n) is 11.1. The lowest BCUT2D eigenvalue weighted by Gasteiger charge is -2.29. The molecular formula is C27H27FN2O4. The van der Waals surface area contributed by atoms with Crippen LogP contribution in [0, 0.1) is 5.82 Å². The Bertz CT molecular complexity index is 1200. The van der Waals surface area contributed by atoms with E-state index in [0.717, 1.165) is 11.8 Å². The minimum atomic E-state index is -0.490. The van der Waals surface area contributed by atoms with E-state index in [0.29, 0.717) is 30.3 Å². The molecule has 34 heavy (non-hydrogen) atoms. The van der Waals surface area contributed by atoms with Gasteiger partial charge in [0.1, 0.15) is 23.9 Å². The van der Waals surface area contributed by atoms with Gasteiger partial charge in [0.05, 0.1) is 12.2 Å². The number of fused-ring (bicyclic) bond motifs is 1. The van der Waals surface area contributed by atoms with Gasteiger partial charge in [-0.1, -0.05) is 39.0 Å². The fraction of sp³-hybridized carbons (Fsp3) is 0.259. The molecule has 3 aromatic carbocycles. The molecule has 3 aromatic rings. The molecule has 0 fully saturated rings. The summed E-state index contributed by atoms with van der Waals surface area (Å²) in [6.45, 7) is 7.00. The molecule has 0 unspecified atom stereocenters. The van der Waals surface area contributed by atoms with Crippen LogP contribution in [0.5, 0.6) is 11.5 Å². The first-order valence-corrected chi connectivity index (χ1v) is 11.1. The third-order valence-electron chi connectivity index (χ3n) is 5.55. The van der Waals surface area contributed by atoms with Crippen molar-refractivity contribution in [3.8, 4) is 11.5 Å². The number of anilines is 2. The van der Waals surface area contributed by atoms with E-state index in [1.165, 1.54) is 23.8 Å². The Hall–Kier alpha value is -3.87. The van der Waals surface area contributed by atoms with E-state index in [1.807, 2.05) is 24.3 Å². The van der Waals surface area contributed by atoms with Crippen molar-refractivity contribution in [1.82, 2.24) is 0 Å². The van der Waals surface area contributed by atoms with Crippen LogP contribution in [-0.4, -0.2) is 31.6 Å². The van der Waals surface area contributed by atoms with E-state index < -0.39 is 11.7 Å². The van der Waals surface area contributed by atoms with E-state index >= 15 is 0 Å². The first kappa shape index (κ1) is 23.3. The van der Waals surface area contributed by atoms with Crippen LogP contribution in [0.3, 0.4) is 0 Å². The summed E-state index contributed by atoms with van der Waals surface area (Å²) in [6, 6.07) is 18.4. The maximum atomic E-state index is 13.4. The molecule has 1 aliphatic rings. The molecule has 1 N–H and O–H groups in total. The number of rotatable bonds is 6. The quantitative estimate of drug-likeness (QED) is 0.548. The highest BCUT2D eigenvalue weighted by atomic mass is 19.1. The van der Waals surface area contributed by atoms with Gasteiger partial charge in [-0.3, -0.25) is 9.59 Å². The number of ether oxygens (including phenoxy) is 2. The maximum Gasteiger partial charge on any atom is 0.265 e. The van der Waals surface area contributed by atoms with Crippen LogP contribution in [0.4, 0.5) is 15.8 Å². The van der Waals surface area contributed by atoms with Gasteiger partial charge < -0.3 is 19.7 Å². The SMILES string of the molecule is CC(C)(C)c1ccc(OCCN2C(=O)COc3ccc(NC(=O)c4cccc(F)c4)cc32)cc1. The van der Waals surface area contributed by atoms with Crippen molar-refractivity contribution in [2.45, 2.75) is 26.2 Å². The van der Waals surface area contributed by atoms with Crippen molar-refractivity contribution in [1.29, 1.82) is 0 Å². The Kier molecular flexibility index (Phi) is 6.54. The van der Waals surface area contributed by atoms with Gasteiger partial charge in [-0.2, -0.15) is 0 Å². The molecule has 7 heteroatoms. The summed E-state index contributed by atoms with van der Waals surface area (Å²) in [5.41, 5.74) is 2.48. The van der Waals surface area contributed by atoms with Gasteiger partial charge in [-0.05, 0) is 59.5 Å². The molecule has 0 atom stereocenters. The number of amides is 2. The second-order valence-electron chi connectivity index (χ2n) is 9.10. The molecule has 0 saturated carbocycles. The van der Waals surface area contributed by atoms with Gasteiger partial charge in [-0.15, -0.1) is 0 Å². The summed E-state index contributed by atoms with van der Waals surface area (Å²) in [4.78, 5) is 26.6. The second-order valence-corrected chi connectivity index (χ2v) is 9.10. The monoisotopic (exact) mass is 462 g/mol. The third-order valence-corrected chi connectivity index (χ3v) is 5.55. The van der Waals surface area contributed by atoms with E-state index in [1.54, 1.807) is 23.1 Å². The van der Waals surface area contributed by atoms with Gasteiger partial charge in [0.25, 0.3) is 11.8 Å². The molecule has 0 saturated heterocycles. The van der Waals surface area contributed by atoms with Gasteiger partial charge >= 0.3 is 0 Å². The van der Waals surface area contributed by atoms with Crippen molar-refractivity contribution < 1.29 is 23.5 Å². The number of benzene rings is 3. The summed E-state index contributed by atoms with van der Waals surface area (Å²) >= 11 is 0. The largest absolute Gasteiger partial charge is 0.492 e. The van der Waals surface area contributed by atoms with Crippen LogP contribution < -0.4 is 19.7 Å². The fourth-order valence-electron chi connectivity index (χ4n) is 3.66. The second kappa shape index (κ2) is 9.55. The number of halogens is 1. The average molecular weight is 463 g/mol. The van der Waals surface area contributed by atoms with E-state index in [4.69, 9.17) is 9.47 Å². The van der Waals surface area contributed by atoms with Crippen LogP contribution in [0.25, 0.3) is 0 Å². The first-order chi connectivity index (χ1) is 16.2. The van der Waals surface area contributed by atoms with Crippen molar-refractivity contribution >= 4 is 23.2 Å². The van der Waals surface area contributed by atoms with Gasteiger partial charge in [0.2, 0.25) is 0 Å². The predicted molar refractivity (Wildman–Crippen MR) is 129 cm³/mol. The summed E-state index contributed by atoms with van der Waals surface area (Å²) in [6.07, 6.45) is 0. The standard InChI is InChI=1S/C27H27FN2O4/c1-27(2,3)19-7-10-22(11-8-19)33-14-13-30-23-16-21(9-12-24(23)34-17-25(30)31)29-26(32)18-5-4-6-20(28)15-18/h4-12,15-16H,13-14,17H2,1-3H3,(H,29,32). The van der Waals surface area contributed by atoms with Crippen LogP contribution in [0.2, 0.25) is 0 Å². The molecule has 0 aliphatic carbocycles. The van der Waals surface area contributed by atoms with Crippen molar-refractivity contribution in [2.75, 3.05) is 30.0 Å². The Morgan fingerprint density at radius 1 is 1.09 bits per heavy atom. The summed E-state index contributed by atoms with van der Waals surface area (Å²) in [5, 5.41) is 2.74. The molecule has 0 radical (unpaired) electrons. The zero-order chi connectivity index (χ0) is 24.3. The minimum Gasteiger partial charge on any atom is -0.492 e. The highest BCUT2D eigenvalue weighted by Gasteiger charge is 2.26. The van der Waals surface area contributed by atoms with Crippen LogP contribution in [-0.2, 0) is 10.2 Å². The lowest BCUT2D eigenvalue weighted by molar-refractivity contribution is -0.121. The lowest BCUT2D eigenvalue weighted by Crippen LogP contribution is -2.41. The number of hydrogen-bond acceptors (Lipinski definition) is 4. The van der Waals surface area contributed by atoms with Crippen molar-refractivity contribution in [2.24, 2.45) is 0 Å². The smallest absolute Gasteiger partial charge is 0.265 e. The van der Waals surface area contributed by atoms with Crippen LogP contribution in [0.15, 0.2) is 66.7 Å². The zero-order valence-electron chi connectivity index (χ0n) is 19.4. The number of carbonyl (C=O) groups is 2. The number of nitrogens with zero attached hydrogens (tertiary/aromatic N) is 1. The van der Waals surface area contributed by atoms with Crippen molar-refractivity contribution in [3.05, 3.63) is 83.7 Å². The Morgan fingerprint density at radius 2 is 1.85 bits per heavy atom. The number of carbonyl (C=O) groups excluding carboxylic acids is 2. The van der Waals surface area contributed by atoms with Gasteiger partial charge in [0, 0.05) is 11.3 Å². The Morgan fingerprint density at radius 3 is 2.56 bits per heavy atom. The van der Waals surface area contributed by atoms with Crippen LogP contribution >= 0.6 is 0 Å². The molecular weight excluding hydrogens is 435 g/mol. The Labute approximate surface area is 198 Å². The summed E-state index contributed by atoms with van der Waals surface area (Å²) in [5.74, 6) is 0.128. The van der Waals surface area contributed by atoms with Crippen molar-refractivity contribution in [3.63, 3.8) is 0 Å². The van der Waals surface area contributed by atoms with E-state index in [2.05, 4.69) is 26.1 Å². The van der Waals surface area contributed by atoms with Gasteiger partial charge in [0.15, 0.2) is 6.61 Å². The van der Waals surface area contributed by atoms with Crippen LogP contribution in [0.1, 0.15) is 36.7 Å². The maximum absolute atomic E-state index is 13.4. The summed E-state index contributed by atoms with van der Waals surface area (Å²) in [7, 11) is 0. The van der Waals surface area contributed by atoms with E-state index in [-0.39, 0.29) is 23.5 Å². The van der Waals surface area contributed by atoms with E-state index in [9.17, 15) is 14.0 Å². The molecule has 1 heterocycles. The topological polar surface area (TPSA) is 67.9 Å². The molecule has 0 spiro atoms. The molecule has 176 valence electrons. The minimum absolute atomic E-state index is 0.0598. The molecule has 1 aliphatic heterocycles. The lowest BCUT2D eigenvalue weighted by atomic mass is 9.87. The number of hydrogen-bond donors (Lipinski definition) is 1. The predicted octanol–water partition coefficient (Wildman–Crippen LogP) is 5.18. The average Bonchev–Trinajstić information content (AvgIpc) is 2.80. The molecule has 4 rings (SSSR count). The normalized spacial score (nSPS) is 13.2. The molecule has 6 nitrogen and oxygen atoms in total. The number of nitrogens with one attached hydrogen (secondary N) is 1. The van der Waals surface area contributed by atoms with Gasteiger partial charge in [-0.25, -0.2) is 4.39 Å². The molecule has 2 amide bonds. The summed E-state index contributed by atoms with van der Waals surface area (Å²) < 4.78 is 24.9. The fourth-order valence-corrected chi connectivity index (χ4v) is 3.66. The highest BCUT2D eigenvalue weighted by molar-refractivity contribution is 6.05.